The molecule has 1 aliphatic carbocycles. The van der Waals surface area contributed by atoms with Crippen molar-refractivity contribution in [2.24, 2.45) is 10.8 Å². The normalized spacial score (nSPS) is 24.8. The van der Waals surface area contributed by atoms with Crippen LogP contribution in [-0.4, -0.2) is 28.8 Å². The number of imide groups is 2. The number of carbonyl (C=O) groups is 3. The molecular formula is C14H22N2O3. The van der Waals surface area contributed by atoms with Gasteiger partial charge in [0.25, 0.3) is 0 Å². The van der Waals surface area contributed by atoms with Crippen molar-refractivity contribution in [2.45, 2.75) is 59.4 Å². The highest BCUT2D eigenvalue weighted by Crippen LogP contribution is 2.43. The second kappa shape index (κ2) is 4.32. The monoisotopic (exact) mass is 266 g/mol. The number of hydrogen-bond acceptors (Lipinski definition) is 3. The standard InChI is InChI=1S/C14H22N2O3/c1-9(13(2,3)4)16-11(18)14(7-5-6-8-14)10(17)15-12(16)19/h9H,5-8H2,1-4H3,(H,15,17,19). The van der Waals surface area contributed by atoms with Gasteiger partial charge in [-0.2, -0.15) is 0 Å². The van der Waals surface area contributed by atoms with E-state index in [-0.39, 0.29) is 17.4 Å². The molecule has 1 atom stereocenters. The first-order valence-electron chi connectivity index (χ1n) is 6.89. The lowest BCUT2D eigenvalue weighted by atomic mass is 9.79. The van der Waals surface area contributed by atoms with Gasteiger partial charge in [-0.15, -0.1) is 0 Å². The summed E-state index contributed by atoms with van der Waals surface area (Å²) in [6.07, 6.45) is 2.84. The number of nitrogens with one attached hydrogen (secondary N) is 1. The minimum Gasteiger partial charge on any atom is -0.277 e. The largest absolute Gasteiger partial charge is 0.331 e. The SMILES string of the molecule is CC(N1C(=O)NC(=O)C2(CCCC2)C1=O)C(C)(C)C. The minimum atomic E-state index is -0.993. The molecule has 2 rings (SSSR count). The molecule has 2 fully saturated rings. The molecule has 1 aliphatic heterocycles. The number of nitrogens with zero attached hydrogens (tertiary/aromatic N) is 1. The van der Waals surface area contributed by atoms with Gasteiger partial charge in [0.05, 0.1) is 0 Å². The summed E-state index contributed by atoms with van der Waals surface area (Å²) in [6, 6.07) is -0.819. The van der Waals surface area contributed by atoms with E-state index in [0.717, 1.165) is 12.8 Å². The molecule has 106 valence electrons. The smallest absolute Gasteiger partial charge is 0.277 e. The maximum absolute atomic E-state index is 12.7. The summed E-state index contributed by atoms with van der Waals surface area (Å²) in [5.41, 5.74) is -1.21. The number of urea groups is 1. The summed E-state index contributed by atoms with van der Waals surface area (Å²) in [5.74, 6) is -0.710. The van der Waals surface area contributed by atoms with Crippen molar-refractivity contribution in [1.82, 2.24) is 10.2 Å². The molecule has 1 saturated carbocycles. The molecular weight excluding hydrogens is 244 g/mol. The first kappa shape index (κ1) is 14.0. The van der Waals surface area contributed by atoms with Crippen molar-refractivity contribution in [3.05, 3.63) is 0 Å². The van der Waals surface area contributed by atoms with Gasteiger partial charge >= 0.3 is 6.03 Å². The Bertz CT molecular complexity index is 430. The summed E-state index contributed by atoms with van der Waals surface area (Å²) in [4.78, 5) is 38.1. The summed E-state index contributed by atoms with van der Waals surface area (Å²) >= 11 is 0. The molecule has 1 unspecified atom stereocenters. The third kappa shape index (κ3) is 2.05. The van der Waals surface area contributed by atoms with E-state index in [1.807, 2.05) is 27.7 Å². The van der Waals surface area contributed by atoms with Crippen LogP contribution in [0.4, 0.5) is 4.79 Å². The van der Waals surface area contributed by atoms with Crippen LogP contribution in [0.5, 0.6) is 0 Å². The Hall–Kier alpha value is -1.39. The molecule has 5 nitrogen and oxygen atoms in total. The number of amides is 4. The fourth-order valence-corrected chi connectivity index (χ4v) is 2.86. The molecule has 0 radical (unpaired) electrons. The predicted octanol–water partition coefficient (Wildman–Crippen LogP) is 2.06. The predicted molar refractivity (Wildman–Crippen MR) is 70.2 cm³/mol. The van der Waals surface area contributed by atoms with Crippen LogP contribution in [0.25, 0.3) is 0 Å². The summed E-state index contributed by atoms with van der Waals surface area (Å²) < 4.78 is 0. The average Bonchev–Trinajstić information content (AvgIpc) is 2.75. The van der Waals surface area contributed by atoms with E-state index in [1.165, 1.54) is 4.90 Å². The van der Waals surface area contributed by atoms with Gasteiger partial charge in [-0.3, -0.25) is 19.8 Å². The van der Waals surface area contributed by atoms with E-state index in [2.05, 4.69) is 5.32 Å². The Morgan fingerprint density at radius 1 is 1.16 bits per heavy atom. The fraction of sp³-hybridized carbons (Fsp3) is 0.786. The zero-order valence-corrected chi connectivity index (χ0v) is 12.1. The van der Waals surface area contributed by atoms with Crippen molar-refractivity contribution >= 4 is 17.8 Å². The summed E-state index contributed by atoms with van der Waals surface area (Å²) in [6.45, 7) is 7.80. The van der Waals surface area contributed by atoms with Gasteiger partial charge in [0.1, 0.15) is 5.41 Å². The summed E-state index contributed by atoms with van der Waals surface area (Å²) in [7, 11) is 0. The molecule has 0 aromatic rings. The number of rotatable bonds is 1. The molecule has 19 heavy (non-hydrogen) atoms. The second-order valence-corrected chi connectivity index (χ2v) is 6.77. The maximum Gasteiger partial charge on any atom is 0.331 e. The molecule has 1 N–H and O–H groups in total. The van der Waals surface area contributed by atoms with E-state index >= 15 is 0 Å². The lowest BCUT2D eigenvalue weighted by molar-refractivity contribution is -0.153. The first-order valence-corrected chi connectivity index (χ1v) is 6.89. The molecule has 1 saturated heterocycles. The van der Waals surface area contributed by atoms with E-state index in [0.29, 0.717) is 12.8 Å². The highest BCUT2D eigenvalue weighted by molar-refractivity contribution is 6.19. The third-order valence-electron chi connectivity index (χ3n) is 4.60. The maximum atomic E-state index is 12.7. The Balaban J connectivity index is 2.37. The lowest BCUT2D eigenvalue weighted by Gasteiger charge is -2.43. The van der Waals surface area contributed by atoms with Crippen molar-refractivity contribution in [3.8, 4) is 0 Å². The van der Waals surface area contributed by atoms with Gasteiger partial charge in [0.15, 0.2) is 0 Å². The van der Waals surface area contributed by atoms with Gasteiger partial charge in [-0.05, 0) is 25.2 Å². The average molecular weight is 266 g/mol. The minimum absolute atomic E-state index is 0.215. The van der Waals surface area contributed by atoms with Crippen LogP contribution in [-0.2, 0) is 9.59 Å². The van der Waals surface area contributed by atoms with Crippen LogP contribution in [0, 0.1) is 10.8 Å². The topological polar surface area (TPSA) is 66.5 Å². The molecule has 5 heteroatoms. The fourth-order valence-electron chi connectivity index (χ4n) is 2.86. The van der Waals surface area contributed by atoms with Gasteiger partial charge in [-0.25, -0.2) is 4.79 Å². The quantitative estimate of drug-likeness (QED) is 0.739. The van der Waals surface area contributed by atoms with Crippen LogP contribution >= 0.6 is 0 Å². The Kier molecular flexibility index (Phi) is 3.19. The van der Waals surface area contributed by atoms with Crippen LogP contribution in [0.1, 0.15) is 53.4 Å². The second-order valence-electron chi connectivity index (χ2n) is 6.77. The van der Waals surface area contributed by atoms with Gasteiger partial charge in [0.2, 0.25) is 11.8 Å². The van der Waals surface area contributed by atoms with Crippen LogP contribution < -0.4 is 5.32 Å². The third-order valence-corrected chi connectivity index (χ3v) is 4.60. The van der Waals surface area contributed by atoms with E-state index < -0.39 is 17.4 Å². The van der Waals surface area contributed by atoms with Crippen molar-refractivity contribution in [1.29, 1.82) is 0 Å². The van der Waals surface area contributed by atoms with E-state index in [4.69, 9.17) is 0 Å². The zero-order chi connectivity index (χ0) is 14.4. The molecule has 2 aliphatic rings. The van der Waals surface area contributed by atoms with Gasteiger partial charge in [-0.1, -0.05) is 33.6 Å². The van der Waals surface area contributed by atoms with Crippen molar-refractivity contribution in [2.75, 3.05) is 0 Å². The lowest BCUT2D eigenvalue weighted by Crippen LogP contribution is -2.66. The molecule has 1 spiro atoms. The van der Waals surface area contributed by atoms with Crippen LogP contribution in [0.15, 0.2) is 0 Å². The van der Waals surface area contributed by atoms with Crippen molar-refractivity contribution < 1.29 is 14.4 Å². The van der Waals surface area contributed by atoms with Gasteiger partial charge < -0.3 is 0 Å². The van der Waals surface area contributed by atoms with Crippen molar-refractivity contribution in [3.63, 3.8) is 0 Å². The molecule has 1 heterocycles. The molecule has 0 aromatic heterocycles. The highest BCUT2D eigenvalue weighted by Gasteiger charge is 2.56. The van der Waals surface area contributed by atoms with E-state index in [9.17, 15) is 14.4 Å². The zero-order valence-electron chi connectivity index (χ0n) is 12.1. The number of carbonyl (C=O) groups excluding carboxylic acids is 3. The number of hydrogen-bond donors (Lipinski definition) is 1. The molecule has 4 amide bonds. The van der Waals surface area contributed by atoms with Crippen LogP contribution in [0.3, 0.4) is 0 Å². The van der Waals surface area contributed by atoms with Crippen LogP contribution in [0.2, 0.25) is 0 Å². The Morgan fingerprint density at radius 3 is 2.16 bits per heavy atom. The highest BCUT2D eigenvalue weighted by atomic mass is 16.2. The number of barbiturate groups is 1. The molecule has 0 bridgehead atoms. The Morgan fingerprint density at radius 2 is 1.68 bits per heavy atom. The molecule has 0 aromatic carbocycles. The van der Waals surface area contributed by atoms with Gasteiger partial charge in [0, 0.05) is 6.04 Å². The summed E-state index contributed by atoms with van der Waals surface area (Å²) in [5, 5.41) is 2.37. The van der Waals surface area contributed by atoms with E-state index in [1.54, 1.807) is 0 Å². The Labute approximate surface area is 113 Å². The first-order chi connectivity index (χ1) is 8.70.